The standard InChI is InChI=1S/C23H20ClF2NO4S2/c1-2-11-27(23(28)19-4-3-12-32-19)18-13-31-21-17(26)10-9-16(25)20(21)22(18)33(29,30)15-7-5-14(24)6-8-15/h3-10,12,18,22H,2,11,13H2,1H3/t18-,22+/m0/s1. The monoisotopic (exact) mass is 511 g/mol. The number of carbonyl (C=O) groups is 1. The molecule has 0 saturated heterocycles. The van der Waals surface area contributed by atoms with Crippen LogP contribution >= 0.6 is 22.9 Å². The summed E-state index contributed by atoms with van der Waals surface area (Å²) in [7, 11) is -4.28. The largest absolute Gasteiger partial charge is 0.488 e. The van der Waals surface area contributed by atoms with E-state index in [9.17, 15) is 17.6 Å². The molecule has 174 valence electrons. The fourth-order valence-corrected chi connectivity index (χ4v) is 6.78. The second-order valence-electron chi connectivity index (χ2n) is 7.55. The summed E-state index contributed by atoms with van der Waals surface area (Å²) in [4.78, 5) is 15.0. The van der Waals surface area contributed by atoms with E-state index in [1.807, 2.05) is 6.92 Å². The van der Waals surface area contributed by atoms with Crippen LogP contribution in [0.15, 0.2) is 58.8 Å². The SMILES string of the molecule is CCCN(C(=O)c1cccs1)[C@H]1COc2c(F)ccc(F)c2[C@@H]1S(=O)(=O)c1ccc(Cl)cc1. The lowest BCUT2D eigenvalue weighted by atomic mass is 9.99. The second-order valence-corrected chi connectivity index (χ2v) is 11.0. The molecule has 10 heteroatoms. The van der Waals surface area contributed by atoms with Gasteiger partial charge in [0.1, 0.15) is 17.7 Å². The molecule has 5 nitrogen and oxygen atoms in total. The number of benzene rings is 2. The van der Waals surface area contributed by atoms with E-state index < -0.39 is 50.0 Å². The van der Waals surface area contributed by atoms with E-state index in [0.29, 0.717) is 16.3 Å². The van der Waals surface area contributed by atoms with E-state index in [1.54, 1.807) is 17.5 Å². The molecular formula is C23H20ClF2NO4S2. The number of nitrogens with zero attached hydrogens (tertiary/aromatic N) is 1. The molecular weight excluding hydrogens is 492 g/mol. The average Bonchev–Trinajstić information content (AvgIpc) is 3.34. The lowest BCUT2D eigenvalue weighted by Crippen LogP contribution is -2.51. The summed E-state index contributed by atoms with van der Waals surface area (Å²) in [5, 5.41) is 0.491. The van der Waals surface area contributed by atoms with E-state index >= 15 is 4.39 Å². The average molecular weight is 512 g/mol. The summed E-state index contributed by atoms with van der Waals surface area (Å²) in [6.45, 7) is 1.75. The number of rotatable bonds is 6. The lowest BCUT2D eigenvalue weighted by Gasteiger charge is -2.40. The van der Waals surface area contributed by atoms with Crippen LogP contribution in [0.25, 0.3) is 0 Å². The Kier molecular flexibility index (Phi) is 6.74. The van der Waals surface area contributed by atoms with Crippen molar-refractivity contribution in [3.05, 3.63) is 81.0 Å². The van der Waals surface area contributed by atoms with Gasteiger partial charge in [-0.3, -0.25) is 4.79 Å². The Labute approximate surface area is 199 Å². The van der Waals surface area contributed by atoms with Gasteiger partial charge in [-0.15, -0.1) is 11.3 Å². The number of amides is 1. The molecule has 0 N–H and O–H groups in total. The third-order valence-electron chi connectivity index (χ3n) is 5.46. The topological polar surface area (TPSA) is 63.7 Å². The molecule has 0 aliphatic carbocycles. The summed E-state index contributed by atoms with van der Waals surface area (Å²) in [5.74, 6) is -2.63. The van der Waals surface area contributed by atoms with Gasteiger partial charge in [0.15, 0.2) is 21.4 Å². The number of sulfone groups is 1. The normalized spacial score (nSPS) is 17.8. The summed E-state index contributed by atoms with van der Waals surface area (Å²) < 4.78 is 62.8. The van der Waals surface area contributed by atoms with Gasteiger partial charge in [0.25, 0.3) is 5.91 Å². The Hall–Kier alpha value is -2.49. The minimum absolute atomic E-state index is 0.113. The van der Waals surface area contributed by atoms with E-state index in [-0.39, 0.29) is 18.0 Å². The predicted octanol–water partition coefficient (Wildman–Crippen LogP) is 5.51. The predicted molar refractivity (Wildman–Crippen MR) is 123 cm³/mol. The Morgan fingerprint density at radius 2 is 1.85 bits per heavy atom. The molecule has 0 spiro atoms. The van der Waals surface area contributed by atoms with Crippen LogP contribution in [0.1, 0.15) is 33.8 Å². The molecule has 4 rings (SSSR count). The number of fused-ring (bicyclic) bond motifs is 1. The van der Waals surface area contributed by atoms with Gasteiger partial charge >= 0.3 is 0 Å². The van der Waals surface area contributed by atoms with Crippen LogP contribution in [0, 0.1) is 11.6 Å². The van der Waals surface area contributed by atoms with E-state index in [1.165, 1.54) is 40.5 Å². The van der Waals surface area contributed by atoms with Gasteiger partial charge in [-0.1, -0.05) is 24.6 Å². The molecule has 2 atom stereocenters. The molecule has 1 aliphatic rings. The minimum atomic E-state index is -4.28. The van der Waals surface area contributed by atoms with Gasteiger partial charge < -0.3 is 9.64 Å². The molecule has 1 aromatic heterocycles. The van der Waals surface area contributed by atoms with Crippen molar-refractivity contribution in [1.82, 2.24) is 4.90 Å². The van der Waals surface area contributed by atoms with E-state index in [2.05, 4.69) is 0 Å². The van der Waals surface area contributed by atoms with Gasteiger partial charge in [-0.2, -0.15) is 0 Å². The van der Waals surface area contributed by atoms with Gasteiger partial charge in [0.2, 0.25) is 0 Å². The van der Waals surface area contributed by atoms with E-state index in [0.717, 1.165) is 12.1 Å². The number of ether oxygens (including phenoxy) is 1. The fraction of sp³-hybridized carbons (Fsp3) is 0.261. The van der Waals surface area contributed by atoms with Crippen LogP contribution in [0.4, 0.5) is 8.78 Å². The van der Waals surface area contributed by atoms with Crippen molar-refractivity contribution in [2.45, 2.75) is 29.5 Å². The molecule has 0 radical (unpaired) electrons. The minimum Gasteiger partial charge on any atom is -0.488 e. The number of thiophene rings is 1. The molecule has 0 saturated carbocycles. The maximum absolute atomic E-state index is 15.1. The van der Waals surface area contributed by atoms with Crippen molar-refractivity contribution in [2.24, 2.45) is 0 Å². The first kappa shape index (κ1) is 23.7. The zero-order chi connectivity index (χ0) is 23.8. The fourth-order valence-electron chi connectivity index (χ4n) is 4.00. The van der Waals surface area contributed by atoms with Crippen LogP contribution in [0.3, 0.4) is 0 Å². The van der Waals surface area contributed by atoms with Crippen molar-refractivity contribution in [3.63, 3.8) is 0 Å². The van der Waals surface area contributed by atoms with Crippen LogP contribution < -0.4 is 4.74 Å². The highest BCUT2D eigenvalue weighted by molar-refractivity contribution is 7.91. The Morgan fingerprint density at radius 1 is 1.15 bits per heavy atom. The first-order chi connectivity index (χ1) is 15.8. The summed E-state index contributed by atoms with van der Waals surface area (Å²) >= 11 is 7.13. The Balaban J connectivity index is 1.91. The maximum Gasteiger partial charge on any atom is 0.264 e. The van der Waals surface area contributed by atoms with Gasteiger partial charge in [0.05, 0.1) is 21.4 Å². The zero-order valence-electron chi connectivity index (χ0n) is 17.5. The quantitative estimate of drug-likeness (QED) is 0.438. The number of hydrogen-bond acceptors (Lipinski definition) is 5. The highest BCUT2D eigenvalue weighted by Gasteiger charge is 2.47. The molecule has 0 bridgehead atoms. The maximum atomic E-state index is 15.1. The first-order valence-corrected chi connectivity index (χ1v) is 13.0. The van der Waals surface area contributed by atoms with Crippen LogP contribution in [0.5, 0.6) is 5.75 Å². The molecule has 2 heterocycles. The number of hydrogen-bond donors (Lipinski definition) is 0. The summed E-state index contributed by atoms with van der Waals surface area (Å²) in [6.07, 6.45) is 0.528. The first-order valence-electron chi connectivity index (χ1n) is 10.2. The molecule has 3 aromatic rings. The molecule has 1 amide bonds. The van der Waals surface area contributed by atoms with Crippen molar-refractivity contribution >= 4 is 38.7 Å². The Bertz CT molecular complexity index is 1260. The molecule has 0 fully saturated rings. The zero-order valence-corrected chi connectivity index (χ0v) is 19.9. The van der Waals surface area contributed by atoms with Crippen molar-refractivity contribution in [2.75, 3.05) is 13.2 Å². The summed E-state index contributed by atoms with van der Waals surface area (Å²) in [6, 6.07) is 9.47. The highest BCUT2D eigenvalue weighted by Crippen LogP contribution is 2.45. The van der Waals surface area contributed by atoms with Crippen LogP contribution in [-0.4, -0.2) is 38.4 Å². The number of halogens is 3. The van der Waals surface area contributed by atoms with Crippen LogP contribution in [0.2, 0.25) is 5.02 Å². The van der Waals surface area contributed by atoms with Crippen molar-refractivity contribution in [3.8, 4) is 5.75 Å². The lowest BCUT2D eigenvalue weighted by molar-refractivity contribution is 0.0572. The van der Waals surface area contributed by atoms with Gasteiger partial charge in [-0.25, -0.2) is 17.2 Å². The molecule has 0 unspecified atom stereocenters. The molecule has 33 heavy (non-hydrogen) atoms. The molecule has 1 aliphatic heterocycles. The van der Waals surface area contributed by atoms with E-state index in [4.69, 9.17) is 16.3 Å². The smallest absolute Gasteiger partial charge is 0.264 e. The third kappa shape index (κ3) is 4.37. The van der Waals surface area contributed by atoms with Crippen LogP contribution in [-0.2, 0) is 9.84 Å². The number of carbonyl (C=O) groups excluding carboxylic acids is 1. The van der Waals surface area contributed by atoms with Gasteiger partial charge in [-0.05, 0) is 54.3 Å². The van der Waals surface area contributed by atoms with Gasteiger partial charge in [0, 0.05) is 11.6 Å². The second kappa shape index (κ2) is 9.40. The molecule has 2 aromatic carbocycles. The van der Waals surface area contributed by atoms with Crippen molar-refractivity contribution < 1.29 is 26.7 Å². The van der Waals surface area contributed by atoms with Crippen molar-refractivity contribution in [1.29, 1.82) is 0 Å². The highest BCUT2D eigenvalue weighted by atomic mass is 35.5. The third-order valence-corrected chi connectivity index (χ3v) is 8.72. The summed E-state index contributed by atoms with van der Waals surface area (Å²) in [5.41, 5.74) is -0.415. The Morgan fingerprint density at radius 3 is 2.48 bits per heavy atom.